The van der Waals surface area contributed by atoms with Crippen LogP contribution in [0.15, 0.2) is 0 Å². The first-order valence-corrected chi connectivity index (χ1v) is 5.66. The van der Waals surface area contributed by atoms with Crippen molar-refractivity contribution in [1.29, 1.82) is 0 Å². The van der Waals surface area contributed by atoms with Gasteiger partial charge in [0, 0.05) is 5.92 Å². The second-order valence-corrected chi connectivity index (χ2v) is 5.73. The highest BCUT2D eigenvalue weighted by atomic mass is 16.6. The van der Waals surface area contributed by atoms with E-state index in [4.69, 9.17) is 4.74 Å². The molecule has 1 heterocycles. The summed E-state index contributed by atoms with van der Waals surface area (Å²) in [5.41, 5.74) is -1.09. The Labute approximate surface area is 90.8 Å². The largest absolute Gasteiger partial charge is 0.456 e. The Morgan fingerprint density at radius 1 is 1.47 bits per heavy atom. The molecule has 3 nitrogen and oxygen atoms in total. The molecule has 3 heteroatoms. The van der Waals surface area contributed by atoms with Gasteiger partial charge in [-0.15, -0.1) is 0 Å². The van der Waals surface area contributed by atoms with E-state index in [1.165, 1.54) is 0 Å². The molecule has 86 valence electrons. The first kappa shape index (κ1) is 10.9. The van der Waals surface area contributed by atoms with Gasteiger partial charge in [0.1, 0.15) is 5.60 Å². The fraction of sp³-hybridized carbons (Fsp3) is 0.917. The van der Waals surface area contributed by atoms with E-state index < -0.39 is 11.7 Å². The first-order chi connectivity index (χ1) is 6.75. The molecule has 1 aliphatic heterocycles. The van der Waals surface area contributed by atoms with Crippen molar-refractivity contribution >= 4 is 5.97 Å². The van der Waals surface area contributed by atoms with Crippen LogP contribution in [0.1, 0.15) is 41.0 Å². The van der Waals surface area contributed by atoms with Crippen molar-refractivity contribution < 1.29 is 14.6 Å². The van der Waals surface area contributed by atoms with Gasteiger partial charge in [0.2, 0.25) is 0 Å². The molecule has 0 aromatic carbocycles. The Bertz CT molecular complexity index is 321. The Balaban J connectivity index is 2.45. The zero-order valence-corrected chi connectivity index (χ0v) is 10.1. The third-order valence-corrected chi connectivity index (χ3v) is 5.01. The maximum absolute atomic E-state index is 11.9. The summed E-state index contributed by atoms with van der Waals surface area (Å²) in [6, 6.07) is 0. The maximum atomic E-state index is 11.9. The van der Waals surface area contributed by atoms with Crippen molar-refractivity contribution in [1.82, 2.24) is 0 Å². The second-order valence-electron chi connectivity index (χ2n) is 5.73. The molecule has 0 radical (unpaired) electrons. The van der Waals surface area contributed by atoms with Crippen LogP contribution in [0.5, 0.6) is 0 Å². The van der Waals surface area contributed by atoms with Crippen molar-refractivity contribution in [3.05, 3.63) is 0 Å². The van der Waals surface area contributed by atoms with Gasteiger partial charge in [0.15, 0.2) is 0 Å². The zero-order chi connectivity index (χ0) is 11.6. The van der Waals surface area contributed by atoms with Gasteiger partial charge in [-0.1, -0.05) is 20.8 Å². The lowest BCUT2D eigenvalue weighted by atomic mass is 9.85. The van der Waals surface area contributed by atoms with E-state index in [2.05, 4.69) is 13.8 Å². The Hall–Kier alpha value is -0.570. The van der Waals surface area contributed by atoms with Gasteiger partial charge in [-0.2, -0.15) is 0 Å². The average Bonchev–Trinajstić information content (AvgIpc) is 2.48. The number of cyclic esters (lactones) is 1. The Kier molecular flexibility index (Phi) is 1.87. The van der Waals surface area contributed by atoms with E-state index in [1.54, 1.807) is 6.92 Å². The fourth-order valence-electron chi connectivity index (χ4n) is 3.70. The average molecular weight is 212 g/mol. The van der Waals surface area contributed by atoms with Crippen LogP contribution in [0.2, 0.25) is 0 Å². The van der Waals surface area contributed by atoms with Crippen LogP contribution in [-0.4, -0.2) is 22.8 Å². The smallest absolute Gasteiger partial charge is 0.313 e. The number of aliphatic hydroxyl groups is 1. The summed E-state index contributed by atoms with van der Waals surface area (Å²) in [6.07, 6.45) is 0.0835. The molecule has 2 fully saturated rings. The highest BCUT2D eigenvalue weighted by molar-refractivity contribution is 5.86. The number of hydrogen-bond acceptors (Lipinski definition) is 3. The van der Waals surface area contributed by atoms with Crippen LogP contribution in [0.25, 0.3) is 0 Å². The van der Waals surface area contributed by atoms with Crippen molar-refractivity contribution in [2.75, 3.05) is 0 Å². The van der Waals surface area contributed by atoms with Gasteiger partial charge in [-0.3, -0.25) is 4.79 Å². The van der Waals surface area contributed by atoms with E-state index in [0.717, 1.165) is 0 Å². The predicted molar refractivity (Wildman–Crippen MR) is 56.2 cm³/mol. The number of carbonyl (C=O) groups excluding carboxylic acids is 1. The number of rotatable bonds is 2. The summed E-state index contributed by atoms with van der Waals surface area (Å²) >= 11 is 0. The lowest BCUT2D eigenvalue weighted by molar-refractivity contribution is -0.172. The van der Waals surface area contributed by atoms with E-state index in [1.807, 2.05) is 13.8 Å². The first-order valence-electron chi connectivity index (χ1n) is 5.66. The van der Waals surface area contributed by atoms with E-state index in [0.29, 0.717) is 6.42 Å². The van der Waals surface area contributed by atoms with Crippen LogP contribution in [0.4, 0.5) is 0 Å². The summed E-state index contributed by atoms with van der Waals surface area (Å²) in [4.78, 5) is 11.9. The SMILES string of the molecule is CCC1(C(C)O)OC(=O)C2(C)C1C2(C)C. The highest BCUT2D eigenvalue weighted by Gasteiger charge is 2.85. The molecule has 0 spiro atoms. The molecule has 0 aromatic heterocycles. The molecule has 15 heavy (non-hydrogen) atoms. The molecule has 1 aliphatic carbocycles. The van der Waals surface area contributed by atoms with Crippen LogP contribution < -0.4 is 0 Å². The van der Waals surface area contributed by atoms with E-state index in [-0.39, 0.29) is 22.7 Å². The minimum atomic E-state index is -0.657. The number of ether oxygens (including phenoxy) is 1. The summed E-state index contributed by atoms with van der Waals surface area (Å²) < 4.78 is 5.47. The molecule has 0 aromatic rings. The minimum absolute atomic E-state index is 0.0463. The fourth-order valence-corrected chi connectivity index (χ4v) is 3.70. The molecule has 1 saturated heterocycles. The molecule has 0 bridgehead atoms. The summed E-state index contributed by atoms with van der Waals surface area (Å²) in [5.74, 6) is 0.00949. The molecular formula is C12H20O3. The topological polar surface area (TPSA) is 46.5 Å². The number of fused-ring (bicyclic) bond motifs is 1. The van der Waals surface area contributed by atoms with Gasteiger partial charge >= 0.3 is 5.97 Å². The standard InChI is InChI=1S/C12H20O3/c1-6-12(7(2)13)8-10(3,4)11(8,5)9(14)15-12/h7-8,13H,6H2,1-5H3. The number of aliphatic hydroxyl groups excluding tert-OH is 1. The minimum Gasteiger partial charge on any atom is -0.456 e. The van der Waals surface area contributed by atoms with Crippen LogP contribution in [0, 0.1) is 16.7 Å². The molecule has 4 atom stereocenters. The van der Waals surface area contributed by atoms with Crippen LogP contribution >= 0.6 is 0 Å². The van der Waals surface area contributed by atoms with Gasteiger partial charge < -0.3 is 9.84 Å². The normalized spacial score (nSPS) is 48.4. The molecule has 1 saturated carbocycles. The molecule has 1 N–H and O–H groups in total. The zero-order valence-electron chi connectivity index (χ0n) is 10.1. The molecule has 0 amide bonds. The van der Waals surface area contributed by atoms with Crippen molar-refractivity contribution in [3.63, 3.8) is 0 Å². The summed E-state index contributed by atoms with van der Waals surface area (Å²) in [6.45, 7) is 9.83. The Morgan fingerprint density at radius 2 is 2.00 bits per heavy atom. The lowest BCUT2D eigenvalue weighted by Gasteiger charge is -2.34. The van der Waals surface area contributed by atoms with E-state index >= 15 is 0 Å². The molecule has 4 unspecified atom stereocenters. The lowest BCUT2D eigenvalue weighted by Crippen LogP contribution is -2.45. The van der Waals surface area contributed by atoms with Crippen LogP contribution in [0.3, 0.4) is 0 Å². The number of carbonyl (C=O) groups is 1. The third kappa shape index (κ3) is 0.889. The number of esters is 1. The second kappa shape index (κ2) is 2.57. The van der Waals surface area contributed by atoms with Gasteiger partial charge in [-0.25, -0.2) is 0 Å². The molecule has 2 aliphatic rings. The number of hydrogen-bond donors (Lipinski definition) is 1. The van der Waals surface area contributed by atoms with E-state index in [9.17, 15) is 9.90 Å². The quantitative estimate of drug-likeness (QED) is 0.709. The molecular weight excluding hydrogens is 192 g/mol. The molecule has 2 rings (SSSR count). The third-order valence-electron chi connectivity index (χ3n) is 5.01. The van der Waals surface area contributed by atoms with Gasteiger partial charge in [0.05, 0.1) is 11.5 Å². The summed E-state index contributed by atoms with van der Waals surface area (Å²) in [7, 11) is 0. The van der Waals surface area contributed by atoms with Crippen LogP contribution in [-0.2, 0) is 9.53 Å². The van der Waals surface area contributed by atoms with Crippen molar-refractivity contribution in [3.8, 4) is 0 Å². The highest BCUT2D eigenvalue weighted by Crippen LogP contribution is 2.78. The predicted octanol–water partition coefficient (Wildman–Crippen LogP) is 1.74. The van der Waals surface area contributed by atoms with Crippen molar-refractivity contribution in [2.24, 2.45) is 16.7 Å². The van der Waals surface area contributed by atoms with Gasteiger partial charge in [0.25, 0.3) is 0 Å². The maximum Gasteiger partial charge on any atom is 0.313 e. The monoisotopic (exact) mass is 212 g/mol. The van der Waals surface area contributed by atoms with Crippen molar-refractivity contribution in [2.45, 2.75) is 52.7 Å². The summed E-state index contributed by atoms with van der Waals surface area (Å²) in [5, 5.41) is 9.89. The van der Waals surface area contributed by atoms with Gasteiger partial charge in [-0.05, 0) is 25.7 Å². The Morgan fingerprint density at radius 3 is 2.20 bits per heavy atom.